The number of alkyl halides is 6. The van der Waals surface area contributed by atoms with Crippen molar-refractivity contribution < 1.29 is 31.1 Å². The van der Waals surface area contributed by atoms with Crippen LogP contribution in [0.1, 0.15) is 30.5 Å². The van der Waals surface area contributed by atoms with Gasteiger partial charge in [0.2, 0.25) is 0 Å². The first kappa shape index (κ1) is 21.3. The van der Waals surface area contributed by atoms with E-state index in [0.717, 1.165) is 12.1 Å². The van der Waals surface area contributed by atoms with Crippen molar-refractivity contribution >= 4 is 6.03 Å². The summed E-state index contributed by atoms with van der Waals surface area (Å²) in [5.41, 5.74) is -0.261. The Morgan fingerprint density at radius 1 is 1.19 bits per heavy atom. The molecule has 0 saturated carbocycles. The number of nitrogens with zero attached hydrogens (tertiary/aromatic N) is 1. The molecule has 1 aromatic carbocycles. The molecule has 2 atom stereocenters. The fraction of sp³-hybridized carbons (Fsp3) is 0.588. The van der Waals surface area contributed by atoms with Crippen LogP contribution in [0.5, 0.6) is 0 Å². The SMILES string of the molecule is C[C@@H](NC(=O)NC[C@@H]1CCN(CC(F)(F)F)C1)c1ccc(C(F)(F)F)cc1. The van der Waals surface area contributed by atoms with Gasteiger partial charge >= 0.3 is 18.4 Å². The monoisotopic (exact) mass is 397 g/mol. The Balaban J connectivity index is 1.76. The fourth-order valence-electron chi connectivity index (χ4n) is 3.01. The largest absolute Gasteiger partial charge is 0.416 e. The number of urea groups is 1. The predicted octanol–water partition coefficient (Wildman–Crippen LogP) is 3.95. The van der Waals surface area contributed by atoms with Gasteiger partial charge in [-0.15, -0.1) is 0 Å². The van der Waals surface area contributed by atoms with E-state index in [2.05, 4.69) is 10.6 Å². The average molecular weight is 397 g/mol. The van der Waals surface area contributed by atoms with E-state index in [1.54, 1.807) is 6.92 Å². The molecule has 152 valence electrons. The number of hydrogen-bond acceptors (Lipinski definition) is 2. The van der Waals surface area contributed by atoms with Crippen molar-refractivity contribution in [2.75, 3.05) is 26.2 Å². The quantitative estimate of drug-likeness (QED) is 0.739. The fourth-order valence-corrected chi connectivity index (χ4v) is 3.01. The van der Waals surface area contributed by atoms with E-state index in [9.17, 15) is 31.1 Å². The molecule has 1 aliphatic rings. The Hall–Kier alpha value is -1.97. The third-order valence-corrected chi connectivity index (χ3v) is 4.41. The van der Waals surface area contributed by atoms with Crippen molar-refractivity contribution in [3.05, 3.63) is 35.4 Å². The average Bonchev–Trinajstić information content (AvgIpc) is 2.97. The minimum Gasteiger partial charge on any atom is -0.338 e. The minimum atomic E-state index is -4.42. The second kappa shape index (κ2) is 8.37. The molecule has 0 spiro atoms. The molecule has 0 aromatic heterocycles. The molecule has 2 N–H and O–H groups in total. The van der Waals surface area contributed by atoms with Crippen LogP contribution in [0.2, 0.25) is 0 Å². The standard InChI is InChI=1S/C17H21F6N3O/c1-11(13-2-4-14(5-3-13)17(21,22)23)25-15(27)24-8-12-6-7-26(9-12)10-16(18,19)20/h2-5,11-12H,6-10H2,1H3,(H2,24,25,27)/t11-,12+/m1/s1. The van der Waals surface area contributed by atoms with E-state index < -0.39 is 36.5 Å². The Bertz CT molecular complexity index is 629. The van der Waals surface area contributed by atoms with Gasteiger partial charge in [0.1, 0.15) is 0 Å². The van der Waals surface area contributed by atoms with Gasteiger partial charge in [-0.05, 0) is 43.5 Å². The molecule has 0 radical (unpaired) electrons. The van der Waals surface area contributed by atoms with Gasteiger partial charge in [-0.25, -0.2) is 4.79 Å². The Morgan fingerprint density at radius 3 is 2.37 bits per heavy atom. The molecule has 10 heteroatoms. The zero-order chi connectivity index (χ0) is 20.2. The first-order chi connectivity index (χ1) is 12.4. The summed E-state index contributed by atoms with van der Waals surface area (Å²) in [6.07, 6.45) is -8.10. The first-order valence-electron chi connectivity index (χ1n) is 8.44. The van der Waals surface area contributed by atoms with Crippen LogP contribution in [0, 0.1) is 5.92 Å². The molecule has 0 unspecified atom stereocenters. The number of halogens is 6. The summed E-state index contributed by atoms with van der Waals surface area (Å²) in [7, 11) is 0. The molecular formula is C17H21F6N3O. The summed E-state index contributed by atoms with van der Waals surface area (Å²) < 4.78 is 74.7. The zero-order valence-electron chi connectivity index (χ0n) is 14.6. The van der Waals surface area contributed by atoms with Crippen molar-refractivity contribution in [1.29, 1.82) is 0 Å². The van der Waals surface area contributed by atoms with Crippen LogP contribution in [0.25, 0.3) is 0 Å². The number of carbonyl (C=O) groups is 1. The van der Waals surface area contributed by atoms with Crippen LogP contribution in [0.3, 0.4) is 0 Å². The molecule has 1 saturated heterocycles. The third kappa shape index (κ3) is 6.93. The molecule has 1 aromatic rings. The molecular weight excluding hydrogens is 376 g/mol. The molecule has 1 aliphatic heterocycles. The van der Waals surface area contributed by atoms with E-state index in [-0.39, 0.29) is 19.0 Å². The van der Waals surface area contributed by atoms with Gasteiger partial charge in [0.15, 0.2) is 0 Å². The number of carbonyl (C=O) groups excluding carboxylic acids is 1. The maximum absolute atomic E-state index is 12.6. The highest BCUT2D eigenvalue weighted by Crippen LogP contribution is 2.30. The van der Waals surface area contributed by atoms with E-state index >= 15 is 0 Å². The van der Waals surface area contributed by atoms with Gasteiger partial charge in [-0.3, -0.25) is 4.90 Å². The molecule has 0 bridgehead atoms. The van der Waals surface area contributed by atoms with Crippen LogP contribution in [-0.2, 0) is 6.18 Å². The van der Waals surface area contributed by atoms with E-state index in [1.807, 2.05) is 0 Å². The smallest absolute Gasteiger partial charge is 0.338 e. The van der Waals surface area contributed by atoms with E-state index in [4.69, 9.17) is 0 Å². The number of nitrogens with one attached hydrogen (secondary N) is 2. The molecule has 0 aliphatic carbocycles. The van der Waals surface area contributed by atoms with Gasteiger partial charge in [0.05, 0.1) is 18.2 Å². The van der Waals surface area contributed by atoms with Gasteiger partial charge < -0.3 is 10.6 Å². The summed E-state index contributed by atoms with van der Waals surface area (Å²) in [6, 6.07) is 3.44. The highest BCUT2D eigenvalue weighted by atomic mass is 19.4. The van der Waals surface area contributed by atoms with E-state index in [1.165, 1.54) is 17.0 Å². The number of hydrogen-bond donors (Lipinski definition) is 2. The van der Waals surface area contributed by atoms with Gasteiger partial charge in [0.25, 0.3) is 0 Å². The van der Waals surface area contributed by atoms with Gasteiger partial charge in [-0.2, -0.15) is 26.3 Å². The molecule has 4 nitrogen and oxygen atoms in total. The van der Waals surface area contributed by atoms with Crippen LogP contribution < -0.4 is 10.6 Å². The zero-order valence-corrected chi connectivity index (χ0v) is 14.6. The summed E-state index contributed by atoms with van der Waals surface area (Å²) in [5.74, 6) is -0.0699. The highest BCUT2D eigenvalue weighted by Gasteiger charge is 2.34. The number of likely N-dealkylation sites (tertiary alicyclic amines) is 1. The number of rotatable bonds is 5. The molecule has 27 heavy (non-hydrogen) atoms. The van der Waals surface area contributed by atoms with Crippen molar-refractivity contribution in [3.8, 4) is 0 Å². The lowest BCUT2D eigenvalue weighted by Crippen LogP contribution is -2.40. The van der Waals surface area contributed by atoms with Gasteiger partial charge in [-0.1, -0.05) is 12.1 Å². The van der Waals surface area contributed by atoms with Crippen LogP contribution >= 0.6 is 0 Å². The summed E-state index contributed by atoms with van der Waals surface area (Å²) in [5, 5.41) is 5.21. The molecule has 2 rings (SSSR count). The summed E-state index contributed by atoms with van der Waals surface area (Å²) in [6.45, 7) is 1.49. The maximum atomic E-state index is 12.6. The summed E-state index contributed by atoms with van der Waals surface area (Å²) in [4.78, 5) is 13.2. The number of amides is 2. The second-order valence-corrected chi connectivity index (χ2v) is 6.70. The van der Waals surface area contributed by atoms with Crippen molar-refractivity contribution in [3.63, 3.8) is 0 Å². The molecule has 2 amide bonds. The van der Waals surface area contributed by atoms with E-state index in [0.29, 0.717) is 18.5 Å². The normalized spacial score (nSPS) is 19.7. The predicted molar refractivity (Wildman–Crippen MR) is 87.0 cm³/mol. The lowest BCUT2D eigenvalue weighted by molar-refractivity contribution is -0.143. The lowest BCUT2D eigenvalue weighted by Gasteiger charge is -2.19. The lowest BCUT2D eigenvalue weighted by atomic mass is 10.1. The second-order valence-electron chi connectivity index (χ2n) is 6.70. The number of benzene rings is 1. The molecule has 1 heterocycles. The van der Waals surface area contributed by atoms with Crippen LogP contribution in [0.15, 0.2) is 24.3 Å². The minimum absolute atomic E-state index is 0.0699. The first-order valence-corrected chi connectivity index (χ1v) is 8.44. The highest BCUT2D eigenvalue weighted by molar-refractivity contribution is 5.74. The Kier molecular flexibility index (Phi) is 6.61. The van der Waals surface area contributed by atoms with Crippen molar-refractivity contribution in [2.24, 2.45) is 5.92 Å². The van der Waals surface area contributed by atoms with Crippen molar-refractivity contribution in [1.82, 2.24) is 15.5 Å². The van der Waals surface area contributed by atoms with Gasteiger partial charge in [0, 0.05) is 13.1 Å². The topological polar surface area (TPSA) is 44.4 Å². The Morgan fingerprint density at radius 2 is 1.81 bits per heavy atom. The maximum Gasteiger partial charge on any atom is 0.416 e. The van der Waals surface area contributed by atoms with Crippen LogP contribution in [0.4, 0.5) is 31.1 Å². The Labute approximate surface area is 152 Å². The summed E-state index contributed by atoms with van der Waals surface area (Å²) >= 11 is 0. The molecule has 1 fully saturated rings. The van der Waals surface area contributed by atoms with Crippen molar-refractivity contribution in [2.45, 2.75) is 31.7 Å². The van der Waals surface area contributed by atoms with Crippen LogP contribution in [-0.4, -0.2) is 43.3 Å². The third-order valence-electron chi connectivity index (χ3n) is 4.41.